The Morgan fingerprint density at radius 3 is 2.61 bits per heavy atom. The molecule has 0 aliphatic carbocycles. The number of aromatic nitrogens is 1. The lowest BCUT2D eigenvalue weighted by atomic mass is 10.2. The SMILES string of the molecule is Cc1cc(C(=O)Nc2ccc(C(=O)O)cn2)co1. The molecule has 0 unspecified atom stereocenters. The van der Waals surface area contributed by atoms with E-state index in [1.807, 2.05) is 0 Å². The van der Waals surface area contributed by atoms with Gasteiger partial charge in [0.05, 0.1) is 11.1 Å². The molecule has 0 bridgehead atoms. The van der Waals surface area contributed by atoms with Crippen molar-refractivity contribution in [2.45, 2.75) is 6.92 Å². The number of carbonyl (C=O) groups is 2. The van der Waals surface area contributed by atoms with Gasteiger partial charge in [-0.1, -0.05) is 0 Å². The van der Waals surface area contributed by atoms with Gasteiger partial charge in [-0.2, -0.15) is 0 Å². The highest BCUT2D eigenvalue weighted by atomic mass is 16.4. The zero-order valence-electron chi connectivity index (χ0n) is 9.51. The Labute approximate surface area is 102 Å². The summed E-state index contributed by atoms with van der Waals surface area (Å²) >= 11 is 0. The third-order valence-corrected chi connectivity index (χ3v) is 2.24. The maximum atomic E-state index is 11.7. The fraction of sp³-hybridized carbons (Fsp3) is 0.0833. The summed E-state index contributed by atoms with van der Waals surface area (Å²) in [5, 5.41) is 11.2. The summed E-state index contributed by atoms with van der Waals surface area (Å²) in [5.41, 5.74) is 0.448. The number of pyridine rings is 1. The van der Waals surface area contributed by atoms with E-state index in [-0.39, 0.29) is 17.3 Å². The lowest BCUT2D eigenvalue weighted by Crippen LogP contribution is -2.12. The average molecular weight is 246 g/mol. The molecule has 1 amide bonds. The predicted octanol–water partition coefficient (Wildman–Crippen LogP) is 1.93. The van der Waals surface area contributed by atoms with Gasteiger partial charge in [-0.25, -0.2) is 9.78 Å². The Bertz CT molecular complexity index is 586. The molecule has 6 nitrogen and oxygen atoms in total. The van der Waals surface area contributed by atoms with Crippen LogP contribution in [0.1, 0.15) is 26.5 Å². The monoisotopic (exact) mass is 246 g/mol. The zero-order valence-corrected chi connectivity index (χ0v) is 9.51. The van der Waals surface area contributed by atoms with Gasteiger partial charge in [-0.15, -0.1) is 0 Å². The molecule has 2 aromatic rings. The Balaban J connectivity index is 2.10. The van der Waals surface area contributed by atoms with Crippen molar-refractivity contribution in [3.63, 3.8) is 0 Å². The zero-order chi connectivity index (χ0) is 13.1. The van der Waals surface area contributed by atoms with E-state index < -0.39 is 5.97 Å². The molecule has 6 heteroatoms. The number of hydrogen-bond acceptors (Lipinski definition) is 4. The van der Waals surface area contributed by atoms with Crippen LogP contribution < -0.4 is 5.32 Å². The number of aryl methyl sites for hydroxylation is 1. The van der Waals surface area contributed by atoms with Crippen LogP contribution in [-0.2, 0) is 0 Å². The number of carboxylic acids is 1. The summed E-state index contributed by atoms with van der Waals surface area (Å²) in [6.07, 6.45) is 2.52. The van der Waals surface area contributed by atoms with Crippen molar-refractivity contribution >= 4 is 17.7 Å². The van der Waals surface area contributed by atoms with Crippen LogP contribution in [0.25, 0.3) is 0 Å². The van der Waals surface area contributed by atoms with Crippen molar-refractivity contribution in [1.82, 2.24) is 4.98 Å². The fourth-order valence-corrected chi connectivity index (χ4v) is 1.35. The molecule has 2 N–H and O–H groups in total. The number of rotatable bonds is 3. The van der Waals surface area contributed by atoms with Crippen LogP contribution in [0.4, 0.5) is 5.82 Å². The maximum Gasteiger partial charge on any atom is 0.337 e. The highest BCUT2D eigenvalue weighted by Crippen LogP contribution is 2.10. The standard InChI is InChI=1S/C12H10N2O4/c1-7-4-9(6-18-7)11(15)14-10-3-2-8(5-13-10)12(16)17/h2-6H,1H3,(H,16,17)(H,13,14,15). The third-order valence-electron chi connectivity index (χ3n) is 2.24. The quantitative estimate of drug-likeness (QED) is 0.863. The summed E-state index contributed by atoms with van der Waals surface area (Å²) in [5.74, 6) is -0.508. The van der Waals surface area contributed by atoms with Gasteiger partial charge in [0.1, 0.15) is 17.8 Å². The van der Waals surface area contributed by atoms with Gasteiger partial charge < -0.3 is 14.8 Å². The smallest absolute Gasteiger partial charge is 0.337 e. The van der Waals surface area contributed by atoms with Gasteiger partial charge in [-0.05, 0) is 25.1 Å². The molecule has 2 heterocycles. The van der Waals surface area contributed by atoms with E-state index in [0.717, 1.165) is 0 Å². The minimum Gasteiger partial charge on any atom is -0.478 e. The molecule has 92 valence electrons. The largest absolute Gasteiger partial charge is 0.478 e. The van der Waals surface area contributed by atoms with Crippen molar-refractivity contribution in [2.75, 3.05) is 5.32 Å². The second kappa shape index (κ2) is 4.70. The molecule has 2 aromatic heterocycles. The molecule has 0 aliphatic heterocycles. The van der Waals surface area contributed by atoms with E-state index in [2.05, 4.69) is 10.3 Å². The molecule has 18 heavy (non-hydrogen) atoms. The van der Waals surface area contributed by atoms with Gasteiger partial charge in [0, 0.05) is 6.20 Å². The van der Waals surface area contributed by atoms with Gasteiger partial charge in [0.2, 0.25) is 0 Å². The highest BCUT2D eigenvalue weighted by molar-refractivity contribution is 6.03. The first-order chi connectivity index (χ1) is 8.56. The molecule has 2 rings (SSSR count). The first-order valence-electron chi connectivity index (χ1n) is 5.12. The Morgan fingerprint density at radius 1 is 1.33 bits per heavy atom. The van der Waals surface area contributed by atoms with E-state index >= 15 is 0 Å². The van der Waals surface area contributed by atoms with Crippen LogP contribution in [-0.4, -0.2) is 22.0 Å². The van der Waals surface area contributed by atoms with Gasteiger partial charge in [0.15, 0.2) is 0 Å². The molecule has 0 aliphatic rings. The van der Waals surface area contributed by atoms with Crippen molar-refractivity contribution in [3.8, 4) is 0 Å². The molecule has 0 saturated carbocycles. The van der Waals surface area contributed by atoms with Crippen molar-refractivity contribution in [1.29, 1.82) is 0 Å². The Kier molecular flexibility index (Phi) is 3.09. The van der Waals surface area contributed by atoms with Crippen molar-refractivity contribution in [3.05, 3.63) is 47.5 Å². The lowest BCUT2D eigenvalue weighted by molar-refractivity contribution is 0.0696. The number of hydrogen-bond donors (Lipinski definition) is 2. The number of nitrogens with zero attached hydrogens (tertiary/aromatic N) is 1. The molecule has 0 fully saturated rings. The minimum absolute atomic E-state index is 0.0622. The van der Waals surface area contributed by atoms with Crippen LogP contribution >= 0.6 is 0 Å². The number of furan rings is 1. The first-order valence-corrected chi connectivity index (χ1v) is 5.12. The Hall–Kier alpha value is -2.63. The van der Waals surface area contributed by atoms with Crippen molar-refractivity contribution in [2.24, 2.45) is 0 Å². The predicted molar refractivity (Wildman–Crippen MR) is 62.6 cm³/mol. The average Bonchev–Trinajstić information content (AvgIpc) is 2.76. The van der Waals surface area contributed by atoms with E-state index in [1.165, 1.54) is 24.6 Å². The van der Waals surface area contributed by atoms with Gasteiger partial charge in [0.25, 0.3) is 5.91 Å². The van der Waals surface area contributed by atoms with Crippen LogP contribution in [0.3, 0.4) is 0 Å². The third kappa shape index (κ3) is 2.54. The number of nitrogens with one attached hydrogen (secondary N) is 1. The van der Waals surface area contributed by atoms with E-state index in [9.17, 15) is 9.59 Å². The van der Waals surface area contributed by atoms with Crippen molar-refractivity contribution < 1.29 is 19.1 Å². The summed E-state index contributed by atoms with van der Waals surface area (Å²) in [7, 11) is 0. The summed E-state index contributed by atoms with van der Waals surface area (Å²) in [6.45, 7) is 1.73. The van der Waals surface area contributed by atoms with Crippen LogP contribution in [0.15, 0.2) is 35.1 Å². The fourth-order valence-electron chi connectivity index (χ4n) is 1.35. The van der Waals surface area contributed by atoms with Gasteiger partial charge in [-0.3, -0.25) is 4.79 Å². The molecular weight excluding hydrogens is 236 g/mol. The number of carbonyl (C=O) groups excluding carboxylic acids is 1. The summed E-state index contributed by atoms with van der Waals surface area (Å²) in [6, 6.07) is 4.39. The number of carboxylic acid groups (broad SMARTS) is 1. The van der Waals surface area contributed by atoms with Crippen LogP contribution in [0.2, 0.25) is 0 Å². The lowest BCUT2D eigenvalue weighted by Gasteiger charge is -2.02. The Morgan fingerprint density at radius 2 is 2.11 bits per heavy atom. The summed E-state index contributed by atoms with van der Waals surface area (Å²) < 4.78 is 5.01. The van der Waals surface area contributed by atoms with Gasteiger partial charge >= 0.3 is 5.97 Å². The number of amides is 1. The number of anilines is 1. The van der Waals surface area contributed by atoms with Crippen LogP contribution in [0, 0.1) is 6.92 Å². The molecular formula is C12H10N2O4. The van der Waals surface area contributed by atoms with E-state index in [1.54, 1.807) is 13.0 Å². The molecule has 0 saturated heterocycles. The molecule has 0 atom stereocenters. The second-order valence-electron chi connectivity index (χ2n) is 3.64. The molecule has 0 aromatic carbocycles. The minimum atomic E-state index is -1.06. The van der Waals surface area contributed by atoms with Crippen LogP contribution in [0.5, 0.6) is 0 Å². The number of aromatic carboxylic acids is 1. The highest BCUT2D eigenvalue weighted by Gasteiger charge is 2.10. The second-order valence-corrected chi connectivity index (χ2v) is 3.64. The maximum absolute atomic E-state index is 11.7. The molecule has 0 spiro atoms. The summed E-state index contributed by atoms with van der Waals surface area (Å²) in [4.78, 5) is 26.2. The topological polar surface area (TPSA) is 92.4 Å². The molecule has 0 radical (unpaired) electrons. The van der Waals surface area contributed by atoms with E-state index in [4.69, 9.17) is 9.52 Å². The normalized spacial score (nSPS) is 10.1. The van der Waals surface area contributed by atoms with E-state index in [0.29, 0.717) is 11.3 Å². The first kappa shape index (κ1) is 11.8.